The van der Waals surface area contributed by atoms with Gasteiger partial charge in [-0.15, -0.1) is 0 Å². The Bertz CT molecular complexity index is 527. The summed E-state index contributed by atoms with van der Waals surface area (Å²) in [6, 6.07) is 6.89. The van der Waals surface area contributed by atoms with Crippen LogP contribution >= 0.6 is 0 Å². The number of halogens is 1. The number of amides is 1. The molecule has 1 heterocycles. The summed E-state index contributed by atoms with van der Waals surface area (Å²) in [4.78, 5) is 12.3. The molecule has 3 N–H and O–H groups in total. The smallest absolute Gasteiger partial charge is 0.238 e. The van der Waals surface area contributed by atoms with Crippen molar-refractivity contribution in [3.8, 4) is 0 Å². The lowest BCUT2D eigenvalue weighted by molar-refractivity contribution is -0.123. The van der Waals surface area contributed by atoms with Crippen molar-refractivity contribution in [2.24, 2.45) is 0 Å². The van der Waals surface area contributed by atoms with Crippen molar-refractivity contribution in [2.45, 2.75) is 56.5 Å². The first kappa shape index (κ1) is 15.4. The Morgan fingerprint density at radius 3 is 2.68 bits per heavy atom. The molecule has 22 heavy (non-hydrogen) atoms. The molecule has 4 nitrogen and oxygen atoms in total. The largest absolute Gasteiger partial charge is 0.354 e. The minimum absolute atomic E-state index is 0.0121. The molecule has 0 aromatic heterocycles. The van der Waals surface area contributed by atoms with E-state index in [-0.39, 0.29) is 23.2 Å². The van der Waals surface area contributed by atoms with Crippen LogP contribution in [0, 0.1) is 5.82 Å². The molecule has 1 aliphatic carbocycles. The SMILES string of the molecule is CCCC1CC(C(=O)NCC2(c3ccc(F)cc3)CC2)NN1. The van der Waals surface area contributed by atoms with Crippen molar-refractivity contribution in [2.75, 3.05) is 6.54 Å². The summed E-state index contributed by atoms with van der Waals surface area (Å²) in [7, 11) is 0. The van der Waals surface area contributed by atoms with Gasteiger partial charge in [-0.25, -0.2) is 9.82 Å². The van der Waals surface area contributed by atoms with E-state index in [1.807, 2.05) is 12.1 Å². The number of hydrogen-bond acceptors (Lipinski definition) is 3. The molecule has 0 bridgehead atoms. The summed E-state index contributed by atoms with van der Waals surface area (Å²) in [5.74, 6) is -0.161. The first-order valence-corrected chi connectivity index (χ1v) is 8.18. The van der Waals surface area contributed by atoms with Crippen molar-refractivity contribution < 1.29 is 9.18 Å². The number of carbonyl (C=O) groups is 1. The molecule has 1 amide bonds. The molecular weight excluding hydrogens is 281 g/mol. The minimum atomic E-state index is -0.216. The van der Waals surface area contributed by atoms with Gasteiger partial charge in [0, 0.05) is 18.0 Å². The van der Waals surface area contributed by atoms with Gasteiger partial charge in [0.2, 0.25) is 5.91 Å². The molecule has 1 saturated carbocycles. The zero-order valence-corrected chi connectivity index (χ0v) is 13.0. The highest BCUT2D eigenvalue weighted by atomic mass is 19.1. The third-order valence-corrected chi connectivity index (χ3v) is 4.85. The maximum Gasteiger partial charge on any atom is 0.238 e. The molecule has 0 radical (unpaired) electrons. The van der Waals surface area contributed by atoms with E-state index in [1.54, 1.807) is 0 Å². The fourth-order valence-corrected chi connectivity index (χ4v) is 3.23. The zero-order chi connectivity index (χ0) is 15.6. The van der Waals surface area contributed by atoms with Gasteiger partial charge in [0.1, 0.15) is 11.9 Å². The molecular formula is C17H24FN3O. The zero-order valence-electron chi connectivity index (χ0n) is 13.0. The number of hydrazine groups is 1. The normalized spacial score (nSPS) is 25.9. The Hall–Kier alpha value is -1.46. The molecule has 1 aromatic rings. The highest BCUT2D eigenvalue weighted by Gasteiger charge is 2.44. The van der Waals surface area contributed by atoms with Gasteiger partial charge in [0.15, 0.2) is 0 Å². The van der Waals surface area contributed by atoms with Crippen LogP contribution in [-0.4, -0.2) is 24.5 Å². The topological polar surface area (TPSA) is 53.2 Å². The van der Waals surface area contributed by atoms with Crippen molar-refractivity contribution in [3.63, 3.8) is 0 Å². The van der Waals surface area contributed by atoms with E-state index in [4.69, 9.17) is 0 Å². The van der Waals surface area contributed by atoms with E-state index in [0.717, 1.165) is 37.7 Å². The van der Waals surface area contributed by atoms with Gasteiger partial charge in [0.05, 0.1) is 0 Å². The predicted molar refractivity (Wildman–Crippen MR) is 83.7 cm³/mol. The summed E-state index contributed by atoms with van der Waals surface area (Å²) in [6.45, 7) is 2.78. The van der Waals surface area contributed by atoms with Gasteiger partial charge in [-0.2, -0.15) is 0 Å². The van der Waals surface area contributed by atoms with E-state index >= 15 is 0 Å². The molecule has 3 rings (SSSR count). The van der Waals surface area contributed by atoms with Crippen molar-refractivity contribution in [3.05, 3.63) is 35.6 Å². The average Bonchev–Trinajstić information content (AvgIpc) is 3.17. The molecule has 2 aliphatic rings. The Morgan fingerprint density at radius 2 is 2.05 bits per heavy atom. The van der Waals surface area contributed by atoms with E-state index in [9.17, 15) is 9.18 Å². The number of benzene rings is 1. The number of rotatable bonds is 6. The van der Waals surface area contributed by atoms with Crippen LogP contribution in [0.25, 0.3) is 0 Å². The monoisotopic (exact) mass is 305 g/mol. The molecule has 2 unspecified atom stereocenters. The second-order valence-corrected chi connectivity index (χ2v) is 6.57. The van der Waals surface area contributed by atoms with Gasteiger partial charge in [-0.3, -0.25) is 10.2 Å². The van der Waals surface area contributed by atoms with Crippen LogP contribution < -0.4 is 16.2 Å². The standard InChI is InChI=1S/C17H24FN3O/c1-2-3-14-10-15(21-20-14)16(22)19-11-17(8-9-17)12-4-6-13(18)7-5-12/h4-7,14-15,20-21H,2-3,8-11H2,1H3,(H,19,22). The van der Waals surface area contributed by atoms with Gasteiger partial charge in [0.25, 0.3) is 0 Å². The second kappa shape index (κ2) is 6.34. The third-order valence-electron chi connectivity index (χ3n) is 4.85. The molecule has 2 fully saturated rings. The molecule has 1 aliphatic heterocycles. The Kier molecular flexibility index (Phi) is 4.45. The maximum atomic E-state index is 13.0. The summed E-state index contributed by atoms with van der Waals surface area (Å²) >= 11 is 0. The molecule has 120 valence electrons. The van der Waals surface area contributed by atoms with Crippen molar-refractivity contribution in [1.29, 1.82) is 0 Å². The van der Waals surface area contributed by atoms with E-state index in [0.29, 0.717) is 12.6 Å². The van der Waals surface area contributed by atoms with Gasteiger partial charge in [-0.05, 0) is 43.4 Å². The Morgan fingerprint density at radius 1 is 1.32 bits per heavy atom. The Balaban J connectivity index is 1.52. The number of hydrogen-bond donors (Lipinski definition) is 3. The fraction of sp³-hybridized carbons (Fsp3) is 0.588. The summed E-state index contributed by atoms with van der Waals surface area (Å²) in [5, 5.41) is 3.07. The van der Waals surface area contributed by atoms with Crippen molar-refractivity contribution in [1.82, 2.24) is 16.2 Å². The van der Waals surface area contributed by atoms with Gasteiger partial charge in [-0.1, -0.05) is 25.5 Å². The summed E-state index contributed by atoms with van der Waals surface area (Å²) < 4.78 is 13.0. The molecule has 2 atom stereocenters. The molecule has 0 spiro atoms. The maximum absolute atomic E-state index is 13.0. The average molecular weight is 305 g/mol. The lowest BCUT2D eigenvalue weighted by atomic mass is 9.95. The predicted octanol–water partition coefficient (Wildman–Crippen LogP) is 2.01. The highest BCUT2D eigenvalue weighted by Crippen LogP contribution is 2.47. The first-order chi connectivity index (χ1) is 10.6. The van der Waals surface area contributed by atoms with Crippen LogP contribution in [0.15, 0.2) is 24.3 Å². The first-order valence-electron chi connectivity index (χ1n) is 8.18. The molecule has 5 heteroatoms. The fourth-order valence-electron chi connectivity index (χ4n) is 3.23. The third kappa shape index (κ3) is 3.31. The lowest BCUT2D eigenvalue weighted by Gasteiger charge is -2.18. The quantitative estimate of drug-likeness (QED) is 0.753. The van der Waals surface area contributed by atoms with Crippen LogP contribution in [0.3, 0.4) is 0 Å². The van der Waals surface area contributed by atoms with Crippen LogP contribution in [0.5, 0.6) is 0 Å². The van der Waals surface area contributed by atoms with E-state index in [1.165, 1.54) is 12.1 Å². The van der Waals surface area contributed by atoms with Crippen LogP contribution in [0.1, 0.15) is 44.6 Å². The van der Waals surface area contributed by atoms with E-state index < -0.39 is 0 Å². The number of carbonyl (C=O) groups excluding carboxylic acids is 1. The Labute approximate surface area is 130 Å². The summed E-state index contributed by atoms with van der Waals surface area (Å²) in [5.41, 5.74) is 7.40. The highest BCUT2D eigenvalue weighted by molar-refractivity contribution is 5.82. The van der Waals surface area contributed by atoms with Crippen LogP contribution in [0.2, 0.25) is 0 Å². The van der Waals surface area contributed by atoms with Gasteiger partial charge >= 0.3 is 0 Å². The molecule has 1 aromatic carbocycles. The number of nitrogens with one attached hydrogen (secondary N) is 3. The molecule has 1 saturated heterocycles. The van der Waals surface area contributed by atoms with Crippen LogP contribution in [0.4, 0.5) is 4.39 Å². The van der Waals surface area contributed by atoms with E-state index in [2.05, 4.69) is 23.1 Å². The van der Waals surface area contributed by atoms with Crippen molar-refractivity contribution >= 4 is 5.91 Å². The van der Waals surface area contributed by atoms with Crippen LogP contribution in [-0.2, 0) is 10.2 Å². The lowest BCUT2D eigenvalue weighted by Crippen LogP contribution is -2.45. The minimum Gasteiger partial charge on any atom is -0.354 e. The van der Waals surface area contributed by atoms with Gasteiger partial charge < -0.3 is 5.32 Å². The summed E-state index contributed by atoms with van der Waals surface area (Å²) in [6.07, 6.45) is 5.13. The second-order valence-electron chi connectivity index (χ2n) is 6.57.